The number of hydrogen-bond acceptors (Lipinski definition) is 6. The number of nitrogens with zero attached hydrogens (tertiary/aromatic N) is 4. The molecule has 0 saturated carbocycles. The van der Waals surface area contributed by atoms with Crippen LogP contribution in [-0.2, 0) is 4.79 Å². The van der Waals surface area contributed by atoms with Crippen LogP contribution in [0, 0.1) is 0 Å². The molecule has 1 aromatic rings. The van der Waals surface area contributed by atoms with Crippen LogP contribution in [-0.4, -0.2) is 65.7 Å². The summed E-state index contributed by atoms with van der Waals surface area (Å²) in [5, 5.41) is 11.7. The fraction of sp³-hybridized carbons (Fsp3) is 0.545. The number of carbonyl (C=O) groups is 1. The molecule has 0 aromatic carbocycles. The zero-order chi connectivity index (χ0) is 12.8. The SMILES string of the molecule is O=CN1CCN(c2cc(NCCO)ncn2)CC1. The van der Waals surface area contributed by atoms with Crippen LogP contribution in [0.1, 0.15) is 0 Å². The summed E-state index contributed by atoms with van der Waals surface area (Å²) in [5.74, 6) is 1.54. The molecule has 0 spiro atoms. The van der Waals surface area contributed by atoms with Gasteiger partial charge in [0, 0.05) is 38.8 Å². The number of nitrogens with one attached hydrogen (secondary N) is 1. The van der Waals surface area contributed by atoms with E-state index in [0.717, 1.165) is 25.3 Å². The zero-order valence-corrected chi connectivity index (χ0v) is 10.1. The van der Waals surface area contributed by atoms with E-state index in [1.165, 1.54) is 6.33 Å². The van der Waals surface area contributed by atoms with Gasteiger partial charge in [0.1, 0.15) is 18.0 Å². The summed E-state index contributed by atoms with van der Waals surface area (Å²) in [6.45, 7) is 3.51. The lowest BCUT2D eigenvalue weighted by molar-refractivity contribution is -0.118. The fourth-order valence-corrected chi connectivity index (χ4v) is 1.86. The van der Waals surface area contributed by atoms with Crippen molar-refractivity contribution in [2.75, 3.05) is 49.5 Å². The number of aliphatic hydroxyl groups excluding tert-OH is 1. The molecule has 1 fully saturated rings. The first-order valence-corrected chi connectivity index (χ1v) is 5.94. The highest BCUT2D eigenvalue weighted by Crippen LogP contribution is 2.15. The van der Waals surface area contributed by atoms with E-state index in [1.807, 2.05) is 6.07 Å². The summed E-state index contributed by atoms with van der Waals surface area (Å²) >= 11 is 0. The predicted molar refractivity (Wildman–Crippen MR) is 67.5 cm³/mol. The van der Waals surface area contributed by atoms with E-state index in [2.05, 4.69) is 20.2 Å². The summed E-state index contributed by atoms with van der Waals surface area (Å²) in [6, 6.07) is 1.85. The molecule has 2 heterocycles. The van der Waals surface area contributed by atoms with Crippen molar-refractivity contribution in [3.05, 3.63) is 12.4 Å². The second kappa shape index (κ2) is 6.15. The van der Waals surface area contributed by atoms with Gasteiger partial charge in [0.25, 0.3) is 0 Å². The highest BCUT2D eigenvalue weighted by Gasteiger charge is 2.16. The normalized spacial score (nSPS) is 15.6. The molecule has 1 aliphatic rings. The van der Waals surface area contributed by atoms with Crippen LogP contribution in [0.5, 0.6) is 0 Å². The van der Waals surface area contributed by atoms with E-state index in [4.69, 9.17) is 5.11 Å². The molecule has 0 unspecified atom stereocenters. The maximum atomic E-state index is 10.6. The summed E-state index contributed by atoms with van der Waals surface area (Å²) in [7, 11) is 0. The molecule has 7 nitrogen and oxygen atoms in total. The molecule has 2 rings (SSSR count). The van der Waals surface area contributed by atoms with Gasteiger partial charge in [-0.25, -0.2) is 9.97 Å². The molecule has 0 aliphatic carbocycles. The third-order valence-corrected chi connectivity index (χ3v) is 2.86. The van der Waals surface area contributed by atoms with E-state index in [9.17, 15) is 4.79 Å². The molecule has 1 saturated heterocycles. The molecule has 0 bridgehead atoms. The van der Waals surface area contributed by atoms with Gasteiger partial charge in [0.05, 0.1) is 6.61 Å². The summed E-state index contributed by atoms with van der Waals surface area (Å²) in [4.78, 5) is 22.8. The largest absolute Gasteiger partial charge is 0.395 e. The Bertz CT molecular complexity index is 393. The molecule has 1 aromatic heterocycles. The van der Waals surface area contributed by atoms with E-state index in [1.54, 1.807) is 4.90 Å². The Morgan fingerprint density at radius 1 is 1.33 bits per heavy atom. The first kappa shape index (κ1) is 12.6. The number of rotatable bonds is 5. The van der Waals surface area contributed by atoms with Crippen LogP contribution < -0.4 is 10.2 Å². The van der Waals surface area contributed by atoms with Gasteiger partial charge in [0.15, 0.2) is 0 Å². The number of carbonyl (C=O) groups excluding carboxylic acids is 1. The molecular weight excluding hydrogens is 234 g/mol. The van der Waals surface area contributed by atoms with Crippen molar-refractivity contribution in [1.29, 1.82) is 0 Å². The second-order valence-corrected chi connectivity index (χ2v) is 4.04. The number of hydrogen-bond donors (Lipinski definition) is 2. The first-order chi connectivity index (χ1) is 8.83. The van der Waals surface area contributed by atoms with Crippen LogP contribution >= 0.6 is 0 Å². The Morgan fingerprint density at radius 2 is 2.11 bits per heavy atom. The minimum absolute atomic E-state index is 0.0668. The van der Waals surface area contributed by atoms with Crippen molar-refractivity contribution in [2.24, 2.45) is 0 Å². The van der Waals surface area contributed by atoms with Crippen LogP contribution in [0.15, 0.2) is 12.4 Å². The molecule has 0 radical (unpaired) electrons. The van der Waals surface area contributed by atoms with Gasteiger partial charge < -0.3 is 20.2 Å². The number of piperazine rings is 1. The lowest BCUT2D eigenvalue weighted by Crippen LogP contribution is -2.46. The van der Waals surface area contributed by atoms with Gasteiger partial charge in [-0.3, -0.25) is 4.79 Å². The molecule has 7 heteroatoms. The van der Waals surface area contributed by atoms with Crippen molar-refractivity contribution in [3.63, 3.8) is 0 Å². The Morgan fingerprint density at radius 3 is 2.78 bits per heavy atom. The highest BCUT2D eigenvalue weighted by molar-refractivity contribution is 5.51. The van der Waals surface area contributed by atoms with Crippen molar-refractivity contribution >= 4 is 18.0 Å². The van der Waals surface area contributed by atoms with Gasteiger partial charge in [-0.15, -0.1) is 0 Å². The molecule has 98 valence electrons. The van der Waals surface area contributed by atoms with Crippen LogP contribution in [0.4, 0.5) is 11.6 Å². The smallest absolute Gasteiger partial charge is 0.209 e. The monoisotopic (exact) mass is 251 g/mol. The van der Waals surface area contributed by atoms with Crippen LogP contribution in [0.2, 0.25) is 0 Å². The van der Waals surface area contributed by atoms with Crippen LogP contribution in [0.3, 0.4) is 0 Å². The molecular formula is C11H17N5O2. The minimum atomic E-state index is 0.0668. The molecule has 1 amide bonds. The average molecular weight is 251 g/mol. The van der Waals surface area contributed by atoms with E-state index in [0.29, 0.717) is 25.5 Å². The Balaban J connectivity index is 1.98. The number of anilines is 2. The second-order valence-electron chi connectivity index (χ2n) is 4.04. The number of aliphatic hydroxyl groups is 1. The van der Waals surface area contributed by atoms with Gasteiger partial charge in [-0.1, -0.05) is 0 Å². The van der Waals surface area contributed by atoms with Crippen molar-refractivity contribution in [1.82, 2.24) is 14.9 Å². The maximum absolute atomic E-state index is 10.6. The lowest BCUT2D eigenvalue weighted by atomic mass is 10.3. The minimum Gasteiger partial charge on any atom is -0.395 e. The fourth-order valence-electron chi connectivity index (χ4n) is 1.86. The molecule has 0 atom stereocenters. The van der Waals surface area contributed by atoms with Crippen molar-refractivity contribution in [3.8, 4) is 0 Å². The average Bonchev–Trinajstić information content (AvgIpc) is 2.45. The summed E-state index contributed by atoms with van der Waals surface area (Å²) < 4.78 is 0. The Labute approximate surface area is 105 Å². The van der Waals surface area contributed by atoms with Crippen molar-refractivity contribution < 1.29 is 9.90 Å². The van der Waals surface area contributed by atoms with Gasteiger partial charge in [0.2, 0.25) is 6.41 Å². The highest BCUT2D eigenvalue weighted by atomic mass is 16.3. The van der Waals surface area contributed by atoms with Gasteiger partial charge >= 0.3 is 0 Å². The Hall–Kier alpha value is -1.89. The summed E-state index contributed by atoms with van der Waals surface area (Å²) in [6.07, 6.45) is 2.38. The molecule has 1 aliphatic heterocycles. The standard InChI is InChI=1S/C11H17N5O2/c17-6-1-12-10-7-11(14-8-13-10)16-4-2-15(9-18)3-5-16/h7-9,17H,1-6H2,(H,12,13,14). The molecule has 2 N–H and O–H groups in total. The van der Waals surface area contributed by atoms with Crippen molar-refractivity contribution in [2.45, 2.75) is 0 Å². The number of aromatic nitrogens is 2. The van der Waals surface area contributed by atoms with E-state index in [-0.39, 0.29) is 6.61 Å². The molecule has 18 heavy (non-hydrogen) atoms. The van der Waals surface area contributed by atoms with Crippen LogP contribution in [0.25, 0.3) is 0 Å². The number of amides is 1. The van der Waals surface area contributed by atoms with E-state index >= 15 is 0 Å². The maximum Gasteiger partial charge on any atom is 0.209 e. The Kier molecular flexibility index (Phi) is 4.30. The third kappa shape index (κ3) is 3.07. The predicted octanol–water partition coefficient (Wildman–Crippen LogP) is -0.841. The van der Waals surface area contributed by atoms with E-state index < -0.39 is 0 Å². The first-order valence-electron chi connectivity index (χ1n) is 5.94. The third-order valence-electron chi connectivity index (χ3n) is 2.86. The topological polar surface area (TPSA) is 81.6 Å². The summed E-state index contributed by atoms with van der Waals surface area (Å²) in [5.41, 5.74) is 0. The zero-order valence-electron chi connectivity index (χ0n) is 10.1. The quantitative estimate of drug-likeness (QED) is 0.664. The van der Waals surface area contributed by atoms with Gasteiger partial charge in [-0.05, 0) is 0 Å². The lowest BCUT2D eigenvalue weighted by Gasteiger charge is -2.33. The van der Waals surface area contributed by atoms with Gasteiger partial charge in [-0.2, -0.15) is 0 Å².